The van der Waals surface area contributed by atoms with E-state index in [1.807, 2.05) is 45.9 Å². The van der Waals surface area contributed by atoms with Crippen LogP contribution in [0.5, 0.6) is 11.5 Å². The number of carbonyl (C=O) groups is 1. The number of ether oxygens (including phenoxy) is 3. The largest absolute Gasteiger partial charge is 0.454 e. The molecule has 0 saturated heterocycles. The van der Waals surface area contributed by atoms with E-state index in [1.54, 1.807) is 18.0 Å². The van der Waals surface area contributed by atoms with E-state index in [1.165, 1.54) is 0 Å². The fraction of sp³-hybridized carbons (Fsp3) is 0.409. The van der Waals surface area contributed by atoms with Crippen LogP contribution >= 0.6 is 11.6 Å². The summed E-state index contributed by atoms with van der Waals surface area (Å²) in [5.41, 5.74) is 1.61. The molecule has 1 aliphatic heterocycles. The highest BCUT2D eigenvalue weighted by molar-refractivity contribution is 6.35. The van der Waals surface area contributed by atoms with Crippen LogP contribution in [0.2, 0.25) is 5.02 Å². The van der Waals surface area contributed by atoms with Crippen molar-refractivity contribution in [3.63, 3.8) is 0 Å². The summed E-state index contributed by atoms with van der Waals surface area (Å²) in [5.74, 6) is 1.45. The topological polar surface area (TPSA) is 87.5 Å². The average molecular weight is 445 g/mol. The predicted octanol–water partition coefficient (Wildman–Crippen LogP) is 4.50. The van der Waals surface area contributed by atoms with E-state index >= 15 is 0 Å². The lowest BCUT2D eigenvalue weighted by atomic mass is 9.96. The molecule has 31 heavy (non-hydrogen) atoms. The van der Waals surface area contributed by atoms with Crippen LogP contribution in [0.4, 0.5) is 5.82 Å². The first-order valence-corrected chi connectivity index (χ1v) is 10.4. The molecule has 1 aromatic carbocycles. The van der Waals surface area contributed by atoms with Crippen LogP contribution < -0.4 is 14.8 Å². The summed E-state index contributed by atoms with van der Waals surface area (Å²) in [4.78, 5) is 17.3. The van der Waals surface area contributed by atoms with Crippen molar-refractivity contribution in [2.75, 3.05) is 19.2 Å². The van der Waals surface area contributed by atoms with Gasteiger partial charge < -0.3 is 19.5 Å². The molecule has 0 aliphatic carbocycles. The number of fused-ring (bicyclic) bond motifs is 2. The molecular formula is C22H25ClN4O4. The number of hydrogen-bond acceptors (Lipinski definition) is 6. The summed E-state index contributed by atoms with van der Waals surface area (Å²) < 4.78 is 18.0. The van der Waals surface area contributed by atoms with Gasteiger partial charge in [0.2, 0.25) is 12.7 Å². The molecule has 4 rings (SSSR count). The Hall–Kier alpha value is -2.84. The third-order valence-electron chi connectivity index (χ3n) is 5.12. The zero-order valence-corrected chi connectivity index (χ0v) is 18.9. The lowest BCUT2D eigenvalue weighted by Gasteiger charge is -2.16. The Morgan fingerprint density at radius 2 is 2.13 bits per heavy atom. The standard InChI is InChI=1S/C22H25ClN4O4/c1-12(29-5)10-27-20-15(19(26-27)25-21(28)22(2,3)4)8-13(9-24-20)14-6-7-16-18(17(14)23)31-11-30-16/h6-9,12H,10-11H2,1-5H3,(H,25,26,28). The van der Waals surface area contributed by atoms with Gasteiger partial charge in [0.1, 0.15) is 0 Å². The highest BCUT2D eigenvalue weighted by atomic mass is 35.5. The predicted molar refractivity (Wildman–Crippen MR) is 119 cm³/mol. The smallest absolute Gasteiger partial charge is 0.231 e. The molecule has 2 aromatic heterocycles. The Morgan fingerprint density at radius 1 is 1.35 bits per heavy atom. The minimum absolute atomic E-state index is 0.0703. The van der Waals surface area contributed by atoms with Crippen molar-refractivity contribution < 1.29 is 19.0 Å². The maximum absolute atomic E-state index is 12.6. The Bertz CT molecular complexity index is 1150. The van der Waals surface area contributed by atoms with Gasteiger partial charge in [-0.2, -0.15) is 5.10 Å². The molecule has 1 unspecified atom stereocenters. The normalized spacial score (nSPS) is 14.1. The van der Waals surface area contributed by atoms with Crippen molar-refractivity contribution in [2.24, 2.45) is 5.41 Å². The van der Waals surface area contributed by atoms with Crippen molar-refractivity contribution in [2.45, 2.75) is 40.3 Å². The Kier molecular flexibility index (Phi) is 5.53. The summed E-state index contributed by atoms with van der Waals surface area (Å²) >= 11 is 6.58. The van der Waals surface area contributed by atoms with Gasteiger partial charge in [0.25, 0.3) is 0 Å². The Balaban J connectivity index is 1.82. The van der Waals surface area contributed by atoms with Crippen LogP contribution in [0.1, 0.15) is 27.7 Å². The molecule has 0 radical (unpaired) electrons. The van der Waals surface area contributed by atoms with E-state index in [-0.39, 0.29) is 18.8 Å². The molecule has 3 heterocycles. The summed E-state index contributed by atoms with van der Waals surface area (Å²) in [5, 5.41) is 8.72. The number of aromatic nitrogens is 3. The fourth-order valence-electron chi connectivity index (χ4n) is 3.20. The maximum atomic E-state index is 12.6. The fourth-order valence-corrected chi connectivity index (χ4v) is 3.52. The molecule has 164 valence electrons. The summed E-state index contributed by atoms with van der Waals surface area (Å²) in [6.45, 7) is 8.14. The van der Waals surface area contributed by atoms with Gasteiger partial charge in [-0.3, -0.25) is 4.79 Å². The first-order chi connectivity index (χ1) is 14.7. The van der Waals surface area contributed by atoms with Crippen molar-refractivity contribution in [1.29, 1.82) is 0 Å². The highest BCUT2D eigenvalue weighted by Crippen LogP contribution is 2.44. The van der Waals surface area contributed by atoms with Crippen LogP contribution in [-0.4, -0.2) is 40.7 Å². The van der Waals surface area contributed by atoms with Crippen molar-refractivity contribution in [3.05, 3.63) is 29.4 Å². The quantitative estimate of drug-likeness (QED) is 0.623. The van der Waals surface area contributed by atoms with Crippen LogP contribution in [0.25, 0.3) is 22.2 Å². The number of nitrogens with one attached hydrogen (secondary N) is 1. The minimum Gasteiger partial charge on any atom is -0.454 e. The SMILES string of the molecule is COC(C)Cn1nc(NC(=O)C(C)(C)C)c2cc(-c3ccc4c(c3Cl)OCO4)cnc21. The lowest BCUT2D eigenvalue weighted by Crippen LogP contribution is -2.28. The zero-order valence-electron chi connectivity index (χ0n) is 18.2. The first kappa shape index (κ1) is 21.4. The number of methoxy groups -OCH3 is 1. The van der Waals surface area contributed by atoms with Crippen molar-refractivity contribution in [3.8, 4) is 22.6 Å². The second kappa shape index (κ2) is 8.01. The van der Waals surface area contributed by atoms with E-state index in [4.69, 9.17) is 25.8 Å². The highest BCUT2D eigenvalue weighted by Gasteiger charge is 2.25. The van der Waals surface area contributed by atoms with E-state index < -0.39 is 5.41 Å². The zero-order chi connectivity index (χ0) is 22.3. The Morgan fingerprint density at radius 3 is 2.84 bits per heavy atom. The van der Waals surface area contributed by atoms with Gasteiger partial charge in [0.05, 0.1) is 23.1 Å². The molecule has 0 spiro atoms. The van der Waals surface area contributed by atoms with E-state index in [0.717, 1.165) is 11.1 Å². The number of amides is 1. The van der Waals surface area contributed by atoms with Crippen LogP contribution in [-0.2, 0) is 16.1 Å². The third-order valence-corrected chi connectivity index (χ3v) is 5.50. The van der Waals surface area contributed by atoms with E-state index in [2.05, 4.69) is 15.4 Å². The third kappa shape index (κ3) is 4.05. The lowest BCUT2D eigenvalue weighted by molar-refractivity contribution is -0.123. The molecular weight excluding hydrogens is 420 g/mol. The van der Waals surface area contributed by atoms with E-state index in [9.17, 15) is 4.79 Å². The molecule has 1 N–H and O–H groups in total. The number of hydrogen-bond donors (Lipinski definition) is 1. The van der Waals surface area contributed by atoms with Gasteiger partial charge >= 0.3 is 0 Å². The van der Waals surface area contributed by atoms with Gasteiger partial charge in [0, 0.05) is 29.8 Å². The monoisotopic (exact) mass is 444 g/mol. The van der Waals surface area contributed by atoms with Gasteiger partial charge in [-0.25, -0.2) is 9.67 Å². The first-order valence-electron chi connectivity index (χ1n) is 9.98. The van der Waals surface area contributed by atoms with Crippen LogP contribution in [0.3, 0.4) is 0 Å². The molecule has 0 saturated carbocycles. The number of carbonyl (C=O) groups excluding carboxylic acids is 1. The van der Waals surface area contributed by atoms with Gasteiger partial charge in [-0.15, -0.1) is 0 Å². The molecule has 0 fully saturated rings. The van der Waals surface area contributed by atoms with Crippen molar-refractivity contribution in [1.82, 2.24) is 14.8 Å². The Labute approximate surface area is 185 Å². The van der Waals surface area contributed by atoms with Gasteiger partial charge in [-0.05, 0) is 25.1 Å². The summed E-state index contributed by atoms with van der Waals surface area (Å²) in [6.07, 6.45) is 1.66. The molecule has 0 bridgehead atoms. The molecule has 8 nitrogen and oxygen atoms in total. The molecule has 9 heteroatoms. The number of halogens is 1. The average Bonchev–Trinajstić information content (AvgIpc) is 3.33. The maximum Gasteiger partial charge on any atom is 0.231 e. The van der Waals surface area contributed by atoms with Gasteiger partial charge in [-0.1, -0.05) is 32.4 Å². The van der Waals surface area contributed by atoms with Crippen LogP contribution in [0.15, 0.2) is 24.4 Å². The van der Waals surface area contributed by atoms with Crippen molar-refractivity contribution >= 4 is 34.4 Å². The van der Waals surface area contributed by atoms with Crippen LogP contribution in [0, 0.1) is 5.41 Å². The number of rotatable bonds is 5. The summed E-state index contributed by atoms with van der Waals surface area (Å²) in [6, 6.07) is 5.61. The molecule has 1 atom stereocenters. The van der Waals surface area contributed by atoms with E-state index in [0.29, 0.717) is 39.9 Å². The van der Waals surface area contributed by atoms with Gasteiger partial charge in [0.15, 0.2) is 23.0 Å². The molecule has 3 aromatic rings. The second-order valence-corrected chi connectivity index (χ2v) is 8.92. The molecule has 1 aliphatic rings. The number of pyridine rings is 1. The number of benzene rings is 1. The number of anilines is 1. The second-order valence-electron chi connectivity index (χ2n) is 8.54. The summed E-state index contributed by atoms with van der Waals surface area (Å²) in [7, 11) is 1.64. The number of nitrogens with zero attached hydrogens (tertiary/aromatic N) is 3. The minimum atomic E-state index is -0.568. The molecule has 1 amide bonds.